The van der Waals surface area contributed by atoms with E-state index in [1.165, 1.54) is 32.4 Å². The van der Waals surface area contributed by atoms with Gasteiger partial charge in [-0.1, -0.05) is 0 Å². The largest absolute Gasteiger partial charge is 0.497 e. The number of rotatable bonds is 7. The van der Waals surface area contributed by atoms with E-state index in [4.69, 9.17) is 9.47 Å². The lowest BCUT2D eigenvalue weighted by molar-refractivity contribution is 0.314. The van der Waals surface area contributed by atoms with Crippen LogP contribution in [0.3, 0.4) is 0 Å². The normalized spacial score (nSPS) is 21.2. The molecule has 1 atom stereocenters. The third-order valence-electron chi connectivity index (χ3n) is 5.10. The molecule has 1 aromatic carbocycles. The van der Waals surface area contributed by atoms with Crippen molar-refractivity contribution in [1.29, 1.82) is 0 Å². The minimum Gasteiger partial charge on any atom is -0.497 e. The van der Waals surface area contributed by atoms with Crippen molar-refractivity contribution in [3.8, 4) is 11.5 Å². The summed E-state index contributed by atoms with van der Waals surface area (Å²) in [6.07, 6.45) is 4.08. The van der Waals surface area contributed by atoms with E-state index in [1.807, 2.05) is 25.2 Å². The number of nitrogens with zero attached hydrogens (tertiary/aromatic N) is 2. The van der Waals surface area contributed by atoms with Crippen molar-refractivity contribution < 1.29 is 9.47 Å². The number of guanidine groups is 1. The predicted molar refractivity (Wildman–Crippen MR) is 100 cm³/mol. The Morgan fingerprint density at radius 3 is 2.72 bits per heavy atom. The van der Waals surface area contributed by atoms with Gasteiger partial charge in [-0.2, -0.15) is 0 Å². The summed E-state index contributed by atoms with van der Waals surface area (Å²) in [5.41, 5.74) is 1.08. The lowest BCUT2D eigenvalue weighted by Gasteiger charge is -2.17. The molecule has 2 aliphatic rings. The lowest BCUT2D eigenvalue weighted by Crippen LogP contribution is -2.40. The second-order valence-electron chi connectivity index (χ2n) is 6.87. The van der Waals surface area contributed by atoms with Crippen LogP contribution in [-0.2, 0) is 6.54 Å². The molecule has 1 heterocycles. The Labute approximate surface area is 150 Å². The number of hydrogen-bond acceptors (Lipinski definition) is 4. The first-order valence-corrected chi connectivity index (χ1v) is 9.13. The first-order chi connectivity index (χ1) is 12.2. The average Bonchev–Trinajstić information content (AvgIpc) is 3.40. The molecule has 138 valence electrons. The Kier molecular flexibility index (Phi) is 6.02. The zero-order valence-electron chi connectivity index (χ0n) is 15.5. The van der Waals surface area contributed by atoms with Gasteiger partial charge in [-0.05, 0) is 43.9 Å². The Bertz CT molecular complexity index is 601. The van der Waals surface area contributed by atoms with Gasteiger partial charge in [0.25, 0.3) is 0 Å². The second kappa shape index (κ2) is 8.43. The van der Waals surface area contributed by atoms with Crippen LogP contribution in [0.5, 0.6) is 11.5 Å². The number of aliphatic imine (C=N–C) groups is 1. The summed E-state index contributed by atoms with van der Waals surface area (Å²) in [6.45, 7) is 4.11. The molecule has 3 rings (SSSR count). The number of hydrogen-bond donors (Lipinski definition) is 2. The van der Waals surface area contributed by atoms with Crippen molar-refractivity contribution in [2.45, 2.75) is 31.8 Å². The van der Waals surface area contributed by atoms with Gasteiger partial charge in [-0.3, -0.25) is 4.99 Å². The summed E-state index contributed by atoms with van der Waals surface area (Å²) in [6, 6.07) is 6.74. The molecule has 0 spiro atoms. The van der Waals surface area contributed by atoms with Crippen LogP contribution in [0.15, 0.2) is 23.2 Å². The Hall–Kier alpha value is -1.95. The minimum absolute atomic E-state index is 0.658. The molecule has 0 amide bonds. The van der Waals surface area contributed by atoms with Crippen molar-refractivity contribution in [3.63, 3.8) is 0 Å². The molecule has 1 saturated carbocycles. The molecule has 0 bridgehead atoms. The minimum atomic E-state index is 0.658. The number of ether oxygens (including phenoxy) is 2. The standard InChI is InChI=1S/C19H30N4O2/c1-20-19(21-11-14-8-9-23(13-14)16-5-6-16)22-12-15-4-7-17(24-2)10-18(15)25-3/h4,7,10,14,16H,5-6,8-9,11-13H2,1-3H3,(H2,20,21,22). The molecule has 2 fully saturated rings. The fraction of sp³-hybridized carbons (Fsp3) is 0.632. The van der Waals surface area contributed by atoms with Gasteiger partial charge < -0.3 is 25.0 Å². The topological polar surface area (TPSA) is 58.1 Å². The van der Waals surface area contributed by atoms with Crippen LogP contribution in [0, 0.1) is 5.92 Å². The van der Waals surface area contributed by atoms with Gasteiger partial charge in [0.15, 0.2) is 5.96 Å². The molecule has 1 aliphatic carbocycles. The highest BCUT2D eigenvalue weighted by Gasteiger charge is 2.34. The number of nitrogens with one attached hydrogen (secondary N) is 2. The van der Waals surface area contributed by atoms with E-state index in [2.05, 4.69) is 20.5 Å². The first-order valence-electron chi connectivity index (χ1n) is 9.13. The molecule has 6 nitrogen and oxygen atoms in total. The molecule has 1 aromatic rings. The molecule has 1 unspecified atom stereocenters. The van der Waals surface area contributed by atoms with Crippen LogP contribution in [0.4, 0.5) is 0 Å². The third-order valence-corrected chi connectivity index (χ3v) is 5.10. The molecule has 1 aliphatic heterocycles. The highest BCUT2D eigenvalue weighted by atomic mass is 16.5. The maximum atomic E-state index is 5.45. The third kappa shape index (κ3) is 4.78. The predicted octanol–water partition coefficient (Wildman–Crippen LogP) is 1.85. The van der Waals surface area contributed by atoms with Crippen LogP contribution >= 0.6 is 0 Å². The smallest absolute Gasteiger partial charge is 0.191 e. The summed E-state index contributed by atoms with van der Waals surface area (Å²) in [5, 5.41) is 6.84. The maximum Gasteiger partial charge on any atom is 0.191 e. The van der Waals surface area contributed by atoms with E-state index in [0.717, 1.165) is 41.5 Å². The van der Waals surface area contributed by atoms with Crippen LogP contribution in [0.25, 0.3) is 0 Å². The first kappa shape index (κ1) is 17.9. The fourth-order valence-corrected chi connectivity index (χ4v) is 3.44. The van der Waals surface area contributed by atoms with E-state index in [-0.39, 0.29) is 0 Å². The number of likely N-dealkylation sites (tertiary alicyclic amines) is 1. The molecule has 0 aromatic heterocycles. The SMILES string of the molecule is CN=C(NCc1ccc(OC)cc1OC)NCC1CCN(C2CC2)C1. The number of methoxy groups -OCH3 is 2. The van der Waals surface area contributed by atoms with E-state index in [1.54, 1.807) is 14.2 Å². The highest BCUT2D eigenvalue weighted by molar-refractivity contribution is 5.79. The summed E-state index contributed by atoms with van der Waals surface area (Å²) < 4.78 is 10.7. The highest BCUT2D eigenvalue weighted by Crippen LogP contribution is 2.31. The molecule has 25 heavy (non-hydrogen) atoms. The molecule has 0 radical (unpaired) electrons. The quantitative estimate of drug-likeness (QED) is 0.583. The van der Waals surface area contributed by atoms with Gasteiger partial charge in [0.05, 0.1) is 14.2 Å². The van der Waals surface area contributed by atoms with Gasteiger partial charge in [0.1, 0.15) is 11.5 Å². The maximum absolute atomic E-state index is 5.45. The second-order valence-corrected chi connectivity index (χ2v) is 6.87. The van der Waals surface area contributed by atoms with Crippen molar-refractivity contribution >= 4 is 5.96 Å². The summed E-state index contributed by atoms with van der Waals surface area (Å²) in [5.74, 6) is 3.17. The monoisotopic (exact) mass is 346 g/mol. The van der Waals surface area contributed by atoms with E-state index >= 15 is 0 Å². The zero-order valence-corrected chi connectivity index (χ0v) is 15.5. The molecule has 6 heteroatoms. The average molecular weight is 346 g/mol. The Balaban J connectivity index is 1.46. The van der Waals surface area contributed by atoms with Crippen LogP contribution in [0.1, 0.15) is 24.8 Å². The van der Waals surface area contributed by atoms with E-state index in [9.17, 15) is 0 Å². The molecular weight excluding hydrogens is 316 g/mol. The van der Waals surface area contributed by atoms with Gasteiger partial charge in [-0.25, -0.2) is 0 Å². The van der Waals surface area contributed by atoms with Crippen molar-refractivity contribution in [3.05, 3.63) is 23.8 Å². The van der Waals surface area contributed by atoms with Gasteiger partial charge in [0, 0.05) is 44.4 Å². The van der Waals surface area contributed by atoms with Crippen molar-refractivity contribution in [1.82, 2.24) is 15.5 Å². The molecular formula is C19H30N4O2. The Morgan fingerprint density at radius 2 is 2.04 bits per heavy atom. The van der Waals surface area contributed by atoms with Crippen molar-refractivity contribution in [2.75, 3.05) is 40.9 Å². The van der Waals surface area contributed by atoms with E-state index < -0.39 is 0 Å². The number of benzene rings is 1. The van der Waals surface area contributed by atoms with Gasteiger partial charge in [-0.15, -0.1) is 0 Å². The lowest BCUT2D eigenvalue weighted by atomic mass is 10.1. The van der Waals surface area contributed by atoms with Crippen LogP contribution in [-0.4, -0.2) is 57.8 Å². The zero-order chi connectivity index (χ0) is 17.6. The van der Waals surface area contributed by atoms with Crippen LogP contribution in [0.2, 0.25) is 0 Å². The Morgan fingerprint density at radius 1 is 1.20 bits per heavy atom. The molecule has 2 N–H and O–H groups in total. The summed E-state index contributed by atoms with van der Waals surface area (Å²) in [7, 11) is 5.15. The van der Waals surface area contributed by atoms with E-state index in [0.29, 0.717) is 6.54 Å². The fourth-order valence-electron chi connectivity index (χ4n) is 3.44. The summed E-state index contributed by atoms with van der Waals surface area (Å²) in [4.78, 5) is 6.98. The summed E-state index contributed by atoms with van der Waals surface area (Å²) >= 11 is 0. The van der Waals surface area contributed by atoms with Crippen LogP contribution < -0.4 is 20.1 Å². The van der Waals surface area contributed by atoms with Gasteiger partial charge >= 0.3 is 0 Å². The van der Waals surface area contributed by atoms with Gasteiger partial charge in [0.2, 0.25) is 0 Å². The molecule has 1 saturated heterocycles. The van der Waals surface area contributed by atoms with Crippen molar-refractivity contribution in [2.24, 2.45) is 10.9 Å².